The number of alkyl halides is 1. The fraction of sp³-hybridized carbons (Fsp3) is 0.933. The van der Waals surface area contributed by atoms with Gasteiger partial charge in [-0.15, -0.1) is 0 Å². The van der Waals surface area contributed by atoms with Gasteiger partial charge in [-0.05, 0) is 62.7 Å². The zero-order valence-corrected chi connectivity index (χ0v) is 13.6. The van der Waals surface area contributed by atoms with Gasteiger partial charge in [0.25, 0.3) is 0 Å². The van der Waals surface area contributed by atoms with Crippen LogP contribution in [-0.2, 0) is 19.6 Å². The van der Waals surface area contributed by atoms with E-state index in [0.717, 1.165) is 19.3 Å². The van der Waals surface area contributed by atoms with Crippen molar-refractivity contribution < 1.29 is 26.9 Å². The summed E-state index contributed by atoms with van der Waals surface area (Å²) in [4.78, 5) is 12.6. The Bertz CT molecular complexity index is 537. The minimum absolute atomic E-state index is 0.143. The minimum Gasteiger partial charge on any atom is -0.412 e. The molecule has 4 saturated carbocycles. The molecule has 22 heavy (non-hydrogen) atoms. The molecule has 0 aromatic carbocycles. The highest BCUT2D eigenvalue weighted by Crippen LogP contribution is 2.60. The summed E-state index contributed by atoms with van der Waals surface area (Å²) in [7, 11) is -5.10. The number of hydrogen-bond acceptors (Lipinski definition) is 4. The lowest BCUT2D eigenvalue weighted by Gasteiger charge is -2.55. The molecule has 126 valence electrons. The molecule has 0 saturated heterocycles. The highest BCUT2D eigenvalue weighted by atomic mass is 32.2. The Morgan fingerprint density at radius 1 is 1.23 bits per heavy atom. The maximum atomic E-state index is 14.6. The van der Waals surface area contributed by atoms with Crippen LogP contribution in [0.3, 0.4) is 0 Å². The lowest BCUT2D eigenvalue weighted by Crippen LogP contribution is -2.53. The van der Waals surface area contributed by atoms with Crippen molar-refractivity contribution >= 4 is 16.1 Å². The quantitative estimate of drug-likeness (QED) is 0.617. The van der Waals surface area contributed by atoms with Gasteiger partial charge in [0.05, 0.1) is 5.41 Å². The lowest BCUT2D eigenvalue weighted by atomic mass is 9.49. The standard InChI is InChI=1S/C15H23FO5S/c1-2-3-15(16,22(18,19)20)21-13(17)14-7-10-4-11(8-14)6-12(5-10)9-14/h10-12H,2-9H2,1H3,(H,18,19,20). The summed E-state index contributed by atoms with van der Waals surface area (Å²) in [6, 6.07) is 0. The van der Waals surface area contributed by atoms with Crippen LogP contribution in [0, 0.1) is 23.2 Å². The van der Waals surface area contributed by atoms with Crippen LogP contribution >= 0.6 is 0 Å². The Morgan fingerprint density at radius 3 is 2.05 bits per heavy atom. The number of carbonyl (C=O) groups excluding carboxylic acids is 1. The highest BCUT2D eigenvalue weighted by Gasteiger charge is 2.58. The van der Waals surface area contributed by atoms with E-state index in [1.54, 1.807) is 6.92 Å². The van der Waals surface area contributed by atoms with Crippen molar-refractivity contribution in [2.24, 2.45) is 23.2 Å². The average molecular weight is 334 g/mol. The summed E-state index contributed by atoms with van der Waals surface area (Å²) >= 11 is 0. The van der Waals surface area contributed by atoms with Gasteiger partial charge in [0, 0.05) is 6.42 Å². The van der Waals surface area contributed by atoms with Gasteiger partial charge in [-0.1, -0.05) is 6.92 Å². The maximum Gasteiger partial charge on any atom is 0.377 e. The van der Waals surface area contributed by atoms with Crippen LogP contribution in [0.1, 0.15) is 58.3 Å². The van der Waals surface area contributed by atoms with Crippen molar-refractivity contribution in [3.63, 3.8) is 0 Å². The smallest absolute Gasteiger partial charge is 0.377 e. The summed E-state index contributed by atoms with van der Waals surface area (Å²) in [5.41, 5.74) is -0.746. The Balaban J connectivity index is 1.82. The van der Waals surface area contributed by atoms with E-state index in [-0.39, 0.29) is 6.42 Å². The van der Waals surface area contributed by atoms with E-state index in [0.29, 0.717) is 37.0 Å². The molecule has 4 aliphatic rings. The van der Waals surface area contributed by atoms with E-state index >= 15 is 0 Å². The van der Waals surface area contributed by atoms with Gasteiger partial charge in [0.2, 0.25) is 0 Å². The van der Waals surface area contributed by atoms with Crippen LogP contribution in [0.5, 0.6) is 0 Å². The van der Waals surface area contributed by atoms with Crippen LogP contribution in [0.4, 0.5) is 4.39 Å². The normalized spacial score (nSPS) is 39.5. The summed E-state index contributed by atoms with van der Waals surface area (Å²) in [6.45, 7) is 1.57. The SMILES string of the molecule is CCCC(F)(OC(=O)C12CC3CC(CC(C3)C1)C2)S(=O)(=O)O. The van der Waals surface area contributed by atoms with E-state index in [9.17, 15) is 17.6 Å². The third-order valence-corrected chi connectivity index (χ3v) is 6.71. The number of esters is 1. The Hall–Kier alpha value is -0.690. The third kappa shape index (κ3) is 2.56. The van der Waals surface area contributed by atoms with Crippen molar-refractivity contribution in [1.29, 1.82) is 0 Å². The molecular formula is C15H23FO5S. The van der Waals surface area contributed by atoms with Crippen LogP contribution in [0.15, 0.2) is 0 Å². The predicted molar refractivity (Wildman–Crippen MR) is 77.0 cm³/mol. The second kappa shape index (κ2) is 5.16. The lowest BCUT2D eigenvalue weighted by molar-refractivity contribution is -0.193. The molecule has 0 radical (unpaired) electrons. The first kappa shape index (κ1) is 16.2. The molecule has 7 heteroatoms. The molecule has 0 amide bonds. The van der Waals surface area contributed by atoms with Gasteiger partial charge in [-0.2, -0.15) is 12.8 Å². The summed E-state index contributed by atoms with van der Waals surface area (Å²) in [5, 5.41) is -3.32. The molecule has 4 aliphatic carbocycles. The van der Waals surface area contributed by atoms with Gasteiger partial charge in [0.1, 0.15) is 0 Å². The van der Waals surface area contributed by atoms with Crippen LogP contribution in [-0.4, -0.2) is 24.1 Å². The highest BCUT2D eigenvalue weighted by molar-refractivity contribution is 7.86. The molecule has 1 unspecified atom stereocenters. The monoisotopic (exact) mass is 334 g/mol. The number of ether oxygens (including phenoxy) is 1. The van der Waals surface area contributed by atoms with Crippen molar-refractivity contribution in [1.82, 2.24) is 0 Å². The number of hydrogen-bond donors (Lipinski definition) is 1. The van der Waals surface area contributed by atoms with E-state index < -0.39 is 33.1 Å². The molecule has 0 aromatic heterocycles. The molecule has 1 N–H and O–H groups in total. The molecule has 4 bridgehead atoms. The topological polar surface area (TPSA) is 80.7 Å². The average Bonchev–Trinajstić information content (AvgIpc) is 2.35. The van der Waals surface area contributed by atoms with Gasteiger partial charge in [-0.25, -0.2) is 0 Å². The summed E-state index contributed by atoms with van der Waals surface area (Å²) in [6.07, 6.45) is 4.90. The molecule has 1 atom stereocenters. The predicted octanol–water partition coefficient (Wildman–Crippen LogP) is 3.06. The van der Waals surface area contributed by atoms with Crippen molar-refractivity contribution in [2.45, 2.75) is 63.5 Å². The molecular weight excluding hydrogens is 311 g/mol. The summed E-state index contributed by atoms with van der Waals surface area (Å²) < 4.78 is 51.1. The number of rotatable bonds is 5. The van der Waals surface area contributed by atoms with E-state index in [2.05, 4.69) is 0 Å². The minimum atomic E-state index is -5.10. The first-order valence-electron chi connectivity index (χ1n) is 8.07. The van der Waals surface area contributed by atoms with Crippen LogP contribution < -0.4 is 0 Å². The second-order valence-corrected chi connectivity index (χ2v) is 9.03. The molecule has 0 spiro atoms. The first-order valence-corrected chi connectivity index (χ1v) is 9.51. The largest absolute Gasteiger partial charge is 0.412 e. The number of carbonyl (C=O) groups is 1. The zero-order chi connectivity index (χ0) is 16.2. The molecule has 0 heterocycles. The van der Waals surface area contributed by atoms with Gasteiger partial charge >= 0.3 is 21.3 Å². The van der Waals surface area contributed by atoms with Crippen LogP contribution in [0.25, 0.3) is 0 Å². The number of halogens is 1. The second-order valence-electron chi connectivity index (χ2n) is 7.47. The molecule has 4 rings (SSSR count). The molecule has 0 aliphatic heterocycles. The van der Waals surface area contributed by atoms with Crippen LogP contribution in [0.2, 0.25) is 0 Å². The molecule has 4 fully saturated rings. The van der Waals surface area contributed by atoms with Crippen molar-refractivity contribution in [2.75, 3.05) is 0 Å². The van der Waals surface area contributed by atoms with Gasteiger partial charge in [-0.3, -0.25) is 9.35 Å². The Kier molecular flexibility index (Phi) is 3.79. The third-order valence-electron chi connectivity index (χ3n) is 5.65. The van der Waals surface area contributed by atoms with E-state index in [1.807, 2.05) is 0 Å². The van der Waals surface area contributed by atoms with Gasteiger partial charge < -0.3 is 4.74 Å². The fourth-order valence-corrected chi connectivity index (χ4v) is 5.78. The first-order chi connectivity index (χ1) is 10.2. The van der Waals surface area contributed by atoms with Crippen molar-refractivity contribution in [3.05, 3.63) is 0 Å². The summed E-state index contributed by atoms with van der Waals surface area (Å²) in [5.74, 6) is 0.610. The zero-order valence-electron chi connectivity index (χ0n) is 12.8. The maximum absolute atomic E-state index is 14.6. The molecule has 5 nitrogen and oxygen atoms in total. The molecule has 0 aromatic rings. The van der Waals surface area contributed by atoms with Gasteiger partial charge in [0.15, 0.2) is 0 Å². The fourth-order valence-electron chi connectivity index (χ4n) is 5.14. The van der Waals surface area contributed by atoms with E-state index in [4.69, 9.17) is 9.29 Å². The van der Waals surface area contributed by atoms with E-state index in [1.165, 1.54) is 0 Å². The van der Waals surface area contributed by atoms with Crippen molar-refractivity contribution in [3.8, 4) is 0 Å². The Labute approximate surface area is 130 Å². The Morgan fingerprint density at radius 2 is 1.68 bits per heavy atom.